The van der Waals surface area contributed by atoms with E-state index in [2.05, 4.69) is 42.5 Å². The highest BCUT2D eigenvalue weighted by molar-refractivity contribution is 8.77. The van der Waals surface area contributed by atoms with Gasteiger partial charge in [0.25, 0.3) is 0 Å². The van der Waals surface area contributed by atoms with Crippen molar-refractivity contribution in [1.82, 2.24) is 14.7 Å². The van der Waals surface area contributed by atoms with E-state index in [-0.39, 0.29) is 37.7 Å². The molecule has 0 aromatic rings. The molecule has 0 aromatic heterocycles. The molecule has 0 unspecified atom stereocenters. The molecule has 0 saturated carbocycles. The van der Waals surface area contributed by atoms with Crippen LogP contribution < -0.4 is 0 Å². The maximum atomic E-state index is 13.0. The first-order valence-electron chi connectivity index (χ1n) is 38.5. The molecule has 0 heterocycles. The maximum Gasteiger partial charge on any atom is 0.474 e. The average molecular weight is 1450 g/mol. The van der Waals surface area contributed by atoms with Gasteiger partial charge in [-0.3, -0.25) is 28.0 Å². The third-order valence-corrected chi connectivity index (χ3v) is 25.4. The molecule has 93 heavy (non-hydrogen) atoms. The fourth-order valence-electron chi connectivity index (χ4n) is 10.4. The largest absolute Gasteiger partial charge is 0.474 e. The van der Waals surface area contributed by atoms with Crippen molar-refractivity contribution in [2.24, 2.45) is 0 Å². The van der Waals surface area contributed by atoms with E-state index >= 15 is 0 Å². The predicted octanol–water partition coefficient (Wildman–Crippen LogP) is 23.0. The average Bonchev–Trinajstić information content (AvgIpc) is 3.31. The Morgan fingerprint density at radius 3 is 0.817 bits per heavy atom. The van der Waals surface area contributed by atoms with Crippen LogP contribution in [-0.2, 0) is 46.7 Å². The molecule has 0 spiro atoms. The van der Waals surface area contributed by atoms with Crippen LogP contribution in [0.15, 0.2) is 0 Å². The summed E-state index contributed by atoms with van der Waals surface area (Å²) < 4.78 is 46.4. The van der Waals surface area contributed by atoms with E-state index in [4.69, 9.17) is 27.8 Å². The summed E-state index contributed by atoms with van der Waals surface area (Å²) in [5.41, 5.74) is 0. The molecule has 0 radical (unpaired) electrons. The Bertz CT molecular complexity index is 1530. The highest BCUT2D eigenvalue weighted by Crippen LogP contribution is 2.49. The summed E-state index contributed by atoms with van der Waals surface area (Å²) >= 11 is 0. The second-order valence-electron chi connectivity index (χ2n) is 24.7. The van der Waals surface area contributed by atoms with Crippen LogP contribution in [-0.4, -0.2) is 166 Å². The second-order valence-corrected chi connectivity index (χ2v) is 34.4. The maximum absolute atomic E-state index is 13.0. The number of phosphoric ester groups is 1. The number of ether oxygens (including phenoxy) is 3. The Morgan fingerprint density at radius 2 is 0.538 bits per heavy atom. The number of phosphoric acid groups is 1. The minimum Gasteiger partial charge on any atom is -0.466 e. The third-order valence-electron chi connectivity index (χ3n) is 16.0. The minimum atomic E-state index is -3.61. The Hall–Kier alpha value is 0.500. The lowest BCUT2D eigenvalue weighted by Gasteiger charge is -2.25. The van der Waals surface area contributed by atoms with E-state index in [0.717, 1.165) is 96.8 Å². The molecular formula is C73H148N3O10PS6. The van der Waals surface area contributed by atoms with Crippen molar-refractivity contribution in [2.75, 3.05) is 134 Å². The Morgan fingerprint density at radius 1 is 0.290 bits per heavy atom. The van der Waals surface area contributed by atoms with Gasteiger partial charge in [0.1, 0.15) is 0 Å². The van der Waals surface area contributed by atoms with Crippen molar-refractivity contribution in [3.05, 3.63) is 0 Å². The molecule has 0 atom stereocenters. The molecule has 0 bridgehead atoms. The second kappa shape index (κ2) is 79.8. The molecule has 0 aliphatic carbocycles. The van der Waals surface area contributed by atoms with Crippen molar-refractivity contribution < 1.29 is 46.7 Å². The van der Waals surface area contributed by atoms with Gasteiger partial charge in [0.15, 0.2) is 0 Å². The molecule has 20 heteroatoms. The van der Waals surface area contributed by atoms with Crippen LogP contribution in [0.25, 0.3) is 0 Å². The van der Waals surface area contributed by atoms with Gasteiger partial charge >= 0.3 is 25.7 Å². The lowest BCUT2D eigenvalue weighted by Crippen LogP contribution is -2.34. The molecule has 0 fully saturated rings. The molecule has 0 rings (SSSR count). The van der Waals surface area contributed by atoms with Crippen molar-refractivity contribution in [3.8, 4) is 0 Å². The van der Waals surface area contributed by atoms with E-state index < -0.39 is 7.82 Å². The molecule has 0 aromatic carbocycles. The monoisotopic (exact) mass is 1450 g/mol. The van der Waals surface area contributed by atoms with Gasteiger partial charge in [0.2, 0.25) is 0 Å². The normalized spacial score (nSPS) is 11.7. The van der Waals surface area contributed by atoms with E-state index in [9.17, 15) is 18.9 Å². The molecule has 13 nitrogen and oxygen atoms in total. The van der Waals surface area contributed by atoms with Gasteiger partial charge in [0, 0.05) is 60.7 Å². The topological polar surface area (TPSA) is 133 Å². The summed E-state index contributed by atoms with van der Waals surface area (Å²) in [4.78, 5) is 45.8. The standard InChI is InChI=1S/C71H142N3O10PS6.C2H6/c1-7-12-15-18-21-24-30-39-63-86-89-66-42-33-27-36-59-79-69(75)48-56-73(55-47-62-84-85(78,82-10-4)83-11-5)53-45-51-72(6)52-46-54-74(57-49-70(76)80-60-37-28-34-43-67-90-87-64-40-31-25-22-19-16-13-8-2)58-50-71(77)81-61-38-29-35-44-68-91-88-65-41-32-26-23-20-17-14-9-3;1-2/h7-68H2,1-6H3;1-2H3. The predicted molar refractivity (Wildman–Crippen MR) is 417 cm³/mol. The fourth-order valence-corrected chi connectivity index (χ4v) is 18.5. The first-order chi connectivity index (χ1) is 45.6. The molecule has 0 aliphatic rings. The summed E-state index contributed by atoms with van der Waals surface area (Å²) in [6.07, 6.45) is 49.2. The first-order valence-corrected chi connectivity index (χ1v) is 47.4. The van der Waals surface area contributed by atoms with Crippen molar-refractivity contribution in [3.63, 3.8) is 0 Å². The van der Waals surface area contributed by atoms with Gasteiger partial charge in [-0.25, -0.2) is 4.57 Å². The van der Waals surface area contributed by atoms with Crippen molar-refractivity contribution >= 4 is 90.5 Å². The number of hydrogen-bond acceptors (Lipinski definition) is 19. The molecule has 0 amide bonds. The summed E-state index contributed by atoms with van der Waals surface area (Å²) in [5, 5.41) is 0. The Labute approximate surface area is 599 Å². The number of rotatable bonds is 77. The highest BCUT2D eigenvalue weighted by atomic mass is 33.1. The number of carbonyl (C=O) groups is 3. The van der Waals surface area contributed by atoms with Gasteiger partial charge in [-0.2, -0.15) is 0 Å². The number of unbranched alkanes of at least 4 members (excludes halogenated alkanes) is 30. The fraction of sp³-hybridized carbons (Fsp3) is 0.959. The highest BCUT2D eigenvalue weighted by Gasteiger charge is 2.25. The lowest BCUT2D eigenvalue weighted by atomic mass is 10.1. The number of esters is 3. The van der Waals surface area contributed by atoms with Crippen LogP contribution in [0.3, 0.4) is 0 Å². The van der Waals surface area contributed by atoms with Gasteiger partial charge in [-0.1, -0.05) is 273 Å². The quantitative estimate of drug-likeness (QED) is 0.0188. The minimum absolute atomic E-state index is 0.169. The molecule has 0 aliphatic heterocycles. The molecule has 556 valence electrons. The van der Waals surface area contributed by atoms with Crippen LogP contribution in [0.4, 0.5) is 0 Å². The van der Waals surface area contributed by atoms with E-state index in [1.54, 1.807) is 13.8 Å². The van der Waals surface area contributed by atoms with Gasteiger partial charge in [-0.05, 0) is 124 Å². The van der Waals surface area contributed by atoms with Crippen LogP contribution in [0, 0.1) is 0 Å². The number of carbonyl (C=O) groups excluding carboxylic acids is 3. The van der Waals surface area contributed by atoms with Crippen LogP contribution in [0.2, 0.25) is 0 Å². The van der Waals surface area contributed by atoms with Crippen molar-refractivity contribution in [1.29, 1.82) is 0 Å². The SMILES string of the molecule is CC.CCCCCCCCCCSSCCCCCCOC(=O)CCN(CCCOP(=O)(OCC)OCC)CCCN(C)CCCN(CCC(=O)OCCCCCCSSCCCCCCCCCC)CCC(=O)OCCCCCCSSCCCCCCCCCC. The molecular weight excluding hydrogens is 1300 g/mol. The first kappa shape index (κ1) is 95.6. The zero-order valence-corrected chi connectivity index (χ0v) is 67.5. The Kier molecular flexibility index (Phi) is 82.0. The van der Waals surface area contributed by atoms with Crippen LogP contribution >= 0.6 is 72.6 Å². The zero-order valence-electron chi connectivity index (χ0n) is 61.7. The smallest absolute Gasteiger partial charge is 0.466 e. The molecule has 0 saturated heterocycles. The Balaban J connectivity index is 0. The molecule has 0 N–H and O–H groups in total. The van der Waals surface area contributed by atoms with Crippen LogP contribution in [0.5, 0.6) is 0 Å². The summed E-state index contributed by atoms with van der Waals surface area (Å²) in [7, 11) is 10.6. The zero-order chi connectivity index (χ0) is 68.3. The van der Waals surface area contributed by atoms with Gasteiger partial charge in [0.05, 0.1) is 58.9 Å². The summed E-state index contributed by atoms with van der Waals surface area (Å²) in [6, 6.07) is 0. The van der Waals surface area contributed by atoms with E-state index in [1.165, 1.54) is 208 Å². The van der Waals surface area contributed by atoms with Crippen LogP contribution in [0.1, 0.15) is 318 Å². The lowest BCUT2D eigenvalue weighted by molar-refractivity contribution is -0.145. The van der Waals surface area contributed by atoms with Crippen molar-refractivity contribution in [2.45, 2.75) is 318 Å². The van der Waals surface area contributed by atoms with E-state index in [0.29, 0.717) is 71.7 Å². The van der Waals surface area contributed by atoms with Gasteiger partial charge in [-0.15, -0.1) is 0 Å². The van der Waals surface area contributed by atoms with Gasteiger partial charge < -0.3 is 28.9 Å². The number of nitrogens with zero attached hydrogens (tertiary/aromatic N) is 3. The number of hydrogen-bond donors (Lipinski definition) is 0. The summed E-state index contributed by atoms with van der Waals surface area (Å²) in [5.74, 6) is 6.81. The third kappa shape index (κ3) is 75.0. The summed E-state index contributed by atoms with van der Waals surface area (Å²) in [6.45, 7) is 22.0. The van der Waals surface area contributed by atoms with E-state index in [1.807, 2.05) is 78.6 Å².